The van der Waals surface area contributed by atoms with E-state index in [1.807, 2.05) is 13.0 Å². The molecule has 4 rings (SSSR count). The molecule has 0 aliphatic heterocycles. The van der Waals surface area contributed by atoms with Crippen molar-refractivity contribution in [3.63, 3.8) is 0 Å². The van der Waals surface area contributed by atoms with Crippen LogP contribution < -0.4 is 10.5 Å². The van der Waals surface area contributed by atoms with Gasteiger partial charge in [-0.2, -0.15) is 0 Å². The zero-order valence-corrected chi connectivity index (χ0v) is 11.5. The van der Waals surface area contributed by atoms with Crippen LogP contribution in [0.5, 0.6) is 5.88 Å². The van der Waals surface area contributed by atoms with E-state index in [0.717, 1.165) is 17.7 Å². The second-order valence-corrected chi connectivity index (χ2v) is 6.13. The molecule has 102 valence electrons. The van der Waals surface area contributed by atoms with Crippen molar-refractivity contribution in [1.29, 1.82) is 0 Å². The number of hydrogen-bond donors (Lipinski definition) is 1. The normalized spacial score (nSPS) is 33.1. The first-order chi connectivity index (χ1) is 9.67. The van der Waals surface area contributed by atoms with E-state index in [-0.39, 0.29) is 5.41 Å². The number of allylic oxidation sites excluding steroid dienone is 5. The van der Waals surface area contributed by atoms with E-state index < -0.39 is 0 Å². The fraction of sp³-hybridized carbons (Fsp3) is 0.353. The summed E-state index contributed by atoms with van der Waals surface area (Å²) in [5.41, 5.74) is 7.71. The molecule has 3 nitrogen and oxygen atoms in total. The van der Waals surface area contributed by atoms with Crippen LogP contribution in [0.3, 0.4) is 0 Å². The van der Waals surface area contributed by atoms with Gasteiger partial charge in [-0.1, -0.05) is 24.3 Å². The molecule has 3 aliphatic carbocycles. The largest absolute Gasteiger partial charge is 0.441 e. The second kappa shape index (κ2) is 3.98. The molecular weight excluding hydrogens is 248 g/mol. The van der Waals surface area contributed by atoms with Crippen LogP contribution >= 0.6 is 0 Å². The molecule has 2 bridgehead atoms. The molecule has 0 radical (unpaired) electrons. The quantitative estimate of drug-likeness (QED) is 0.892. The standard InChI is InChI=1S/C17H18N2O/c1-11-6-14(18)16(19-10-11)20-15-8-12-7-13-4-2-3-5-17(13,15)9-12/h2-6,8,10,12-13H,7,9,18H2,1H3. The first kappa shape index (κ1) is 11.8. The molecule has 0 amide bonds. The lowest BCUT2D eigenvalue weighted by Crippen LogP contribution is -2.28. The SMILES string of the molecule is Cc1cnc(OC2=CC3CC4C=CC=CC24C3)c(N)c1. The minimum atomic E-state index is 0.0401. The molecular formula is C17H18N2O. The summed E-state index contributed by atoms with van der Waals surface area (Å²) in [5, 5.41) is 0. The van der Waals surface area contributed by atoms with Gasteiger partial charge in [-0.3, -0.25) is 0 Å². The third kappa shape index (κ3) is 1.56. The molecule has 1 heterocycles. The lowest BCUT2D eigenvalue weighted by atomic mass is 9.74. The van der Waals surface area contributed by atoms with Gasteiger partial charge in [-0.05, 0) is 49.3 Å². The number of aromatic nitrogens is 1. The van der Waals surface area contributed by atoms with Crippen molar-refractivity contribution in [1.82, 2.24) is 4.98 Å². The number of anilines is 1. The van der Waals surface area contributed by atoms with Gasteiger partial charge in [0.2, 0.25) is 5.88 Å². The minimum Gasteiger partial charge on any atom is -0.441 e. The van der Waals surface area contributed by atoms with Gasteiger partial charge in [-0.15, -0.1) is 0 Å². The van der Waals surface area contributed by atoms with Crippen molar-refractivity contribution < 1.29 is 4.74 Å². The average molecular weight is 266 g/mol. The van der Waals surface area contributed by atoms with Crippen LogP contribution in [0.2, 0.25) is 0 Å². The summed E-state index contributed by atoms with van der Waals surface area (Å²) in [6.45, 7) is 1.98. The summed E-state index contributed by atoms with van der Waals surface area (Å²) in [6, 6.07) is 1.90. The van der Waals surface area contributed by atoms with Gasteiger partial charge in [-0.25, -0.2) is 4.98 Å². The number of nitrogens with zero attached hydrogens (tertiary/aromatic N) is 1. The molecule has 1 aromatic heterocycles. The molecule has 0 aromatic carbocycles. The number of rotatable bonds is 2. The van der Waals surface area contributed by atoms with E-state index >= 15 is 0 Å². The Balaban J connectivity index is 1.68. The average Bonchev–Trinajstić information content (AvgIpc) is 2.95. The molecule has 3 atom stereocenters. The van der Waals surface area contributed by atoms with Crippen LogP contribution in [0.15, 0.2) is 48.4 Å². The highest BCUT2D eigenvalue weighted by atomic mass is 16.5. The minimum absolute atomic E-state index is 0.0401. The number of pyridine rings is 1. The van der Waals surface area contributed by atoms with E-state index in [0.29, 0.717) is 23.4 Å². The maximum absolute atomic E-state index is 6.10. The Kier molecular flexibility index (Phi) is 2.34. The van der Waals surface area contributed by atoms with Crippen molar-refractivity contribution in [2.75, 3.05) is 5.73 Å². The summed E-state index contributed by atoms with van der Waals surface area (Å²) >= 11 is 0. The monoisotopic (exact) mass is 266 g/mol. The molecule has 3 aliphatic rings. The van der Waals surface area contributed by atoms with Gasteiger partial charge >= 0.3 is 0 Å². The number of nitrogen functional groups attached to an aromatic ring is 1. The lowest BCUT2D eigenvalue weighted by Gasteiger charge is -2.34. The first-order valence-electron chi connectivity index (χ1n) is 7.16. The van der Waals surface area contributed by atoms with Crippen LogP contribution in [-0.4, -0.2) is 4.98 Å². The Bertz CT molecular complexity index is 659. The fourth-order valence-corrected chi connectivity index (χ4v) is 3.83. The summed E-state index contributed by atoms with van der Waals surface area (Å²) in [4.78, 5) is 4.33. The number of hydrogen-bond acceptors (Lipinski definition) is 3. The molecule has 3 unspecified atom stereocenters. The maximum Gasteiger partial charge on any atom is 0.242 e. The number of aryl methyl sites for hydroxylation is 1. The summed E-state index contributed by atoms with van der Waals surface area (Å²) in [6.07, 6.45) is 15.3. The summed E-state index contributed by atoms with van der Waals surface area (Å²) < 4.78 is 6.10. The first-order valence-corrected chi connectivity index (χ1v) is 7.16. The molecule has 1 spiro atoms. The predicted molar refractivity (Wildman–Crippen MR) is 79.0 cm³/mol. The summed E-state index contributed by atoms with van der Waals surface area (Å²) in [5.74, 6) is 2.74. The Labute approximate surface area is 118 Å². The lowest BCUT2D eigenvalue weighted by molar-refractivity contribution is 0.253. The Morgan fingerprint density at radius 1 is 1.40 bits per heavy atom. The molecule has 0 saturated heterocycles. The maximum atomic E-state index is 6.10. The highest BCUT2D eigenvalue weighted by Gasteiger charge is 2.53. The molecule has 20 heavy (non-hydrogen) atoms. The molecule has 1 fully saturated rings. The molecule has 1 saturated carbocycles. The van der Waals surface area contributed by atoms with Gasteiger partial charge in [0.1, 0.15) is 5.76 Å². The Morgan fingerprint density at radius 3 is 3.15 bits per heavy atom. The van der Waals surface area contributed by atoms with Crippen molar-refractivity contribution in [2.45, 2.75) is 19.8 Å². The van der Waals surface area contributed by atoms with E-state index in [1.165, 1.54) is 6.42 Å². The smallest absolute Gasteiger partial charge is 0.242 e. The van der Waals surface area contributed by atoms with Crippen molar-refractivity contribution in [3.05, 3.63) is 54.0 Å². The topological polar surface area (TPSA) is 48.1 Å². The van der Waals surface area contributed by atoms with Crippen LogP contribution in [0.1, 0.15) is 18.4 Å². The zero-order chi connectivity index (χ0) is 13.7. The van der Waals surface area contributed by atoms with Crippen LogP contribution in [0.25, 0.3) is 0 Å². The zero-order valence-electron chi connectivity index (χ0n) is 11.5. The van der Waals surface area contributed by atoms with Gasteiger partial charge in [0.05, 0.1) is 11.1 Å². The van der Waals surface area contributed by atoms with Gasteiger partial charge in [0, 0.05) is 6.20 Å². The summed E-state index contributed by atoms with van der Waals surface area (Å²) in [7, 11) is 0. The fourth-order valence-electron chi connectivity index (χ4n) is 3.83. The van der Waals surface area contributed by atoms with Crippen molar-refractivity contribution in [2.24, 2.45) is 17.3 Å². The molecule has 1 aromatic rings. The Morgan fingerprint density at radius 2 is 2.30 bits per heavy atom. The highest BCUT2D eigenvalue weighted by Crippen LogP contribution is 2.59. The van der Waals surface area contributed by atoms with Gasteiger partial charge in [0.15, 0.2) is 0 Å². The van der Waals surface area contributed by atoms with E-state index in [9.17, 15) is 0 Å². The highest BCUT2D eigenvalue weighted by molar-refractivity contribution is 5.51. The third-order valence-electron chi connectivity index (χ3n) is 4.73. The number of nitrogens with two attached hydrogens (primary N) is 1. The van der Waals surface area contributed by atoms with Crippen molar-refractivity contribution >= 4 is 5.69 Å². The van der Waals surface area contributed by atoms with Gasteiger partial charge in [0.25, 0.3) is 0 Å². The van der Waals surface area contributed by atoms with E-state index in [2.05, 4.69) is 35.4 Å². The third-order valence-corrected chi connectivity index (χ3v) is 4.73. The van der Waals surface area contributed by atoms with E-state index in [1.54, 1.807) is 6.20 Å². The molecule has 3 heteroatoms. The Hall–Kier alpha value is -2.03. The number of fused-ring (bicyclic) bond motifs is 1. The molecule has 2 N–H and O–H groups in total. The van der Waals surface area contributed by atoms with Crippen LogP contribution in [0.4, 0.5) is 5.69 Å². The van der Waals surface area contributed by atoms with Crippen molar-refractivity contribution in [3.8, 4) is 5.88 Å². The van der Waals surface area contributed by atoms with Crippen LogP contribution in [0, 0.1) is 24.2 Å². The van der Waals surface area contributed by atoms with Crippen LogP contribution in [-0.2, 0) is 0 Å². The second-order valence-electron chi connectivity index (χ2n) is 6.13. The van der Waals surface area contributed by atoms with E-state index in [4.69, 9.17) is 10.5 Å². The predicted octanol–water partition coefficient (Wildman–Crippen LogP) is 3.39. The number of ether oxygens (including phenoxy) is 1. The van der Waals surface area contributed by atoms with Gasteiger partial charge < -0.3 is 10.5 Å².